The Kier molecular flexibility index (Phi) is 3.77. The summed E-state index contributed by atoms with van der Waals surface area (Å²) in [6.45, 7) is 4.88. The molecule has 1 aromatic carbocycles. The normalized spacial score (nSPS) is 14.6. The fraction of sp³-hybridized carbons (Fsp3) is 0.500. The van der Waals surface area contributed by atoms with E-state index >= 15 is 0 Å². The van der Waals surface area contributed by atoms with E-state index in [0.717, 1.165) is 16.9 Å². The van der Waals surface area contributed by atoms with Crippen LogP contribution in [0.2, 0.25) is 0 Å². The fourth-order valence-electron chi connectivity index (χ4n) is 1.71. The molecule has 0 saturated carbocycles. The third-order valence-electron chi connectivity index (χ3n) is 2.86. The van der Waals surface area contributed by atoms with Gasteiger partial charge in [-0.2, -0.15) is 0 Å². The number of ether oxygens (including phenoxy) is 2. The van der Waals surface area contributed by atoms with E-state index in [-0.39, 0.29) is 12.3 Å². The monoisotopic (exact) mass is 271 g/mol. The summed E-state index contributed by atoms with van der Waals surface area (Å²) in [7, 11) is -3.18. The van der Waals surface area contributed by atoms with Crippen molar-refractivity contribution >= 4 is 10.0 Å². The molecule has 1 heterocycles. The van der Waals surface area contributed by atoms with Crippen molar-refractivity contribution in [3.8, 4) is 11.5 Å². The first-order chi connectivity index (χ1) is 8.52. The molecule has 0 amide bonds. The topological polar surface area (TPSA) is 64.6 Å². The van der Waals surface area contributed by atoms with Gasteiger partial charge in [-0.25, -0.2) is 13.1 Å². The number of rotatable bonds is 4. The van der Waals surface area contributed by atoms with Gasteiger partial charge in [-0.1, -0.05) is 0 Å². The van der Waals surface area contributed by atoms with Crippen molar-refractivity contribution in [2.45, 2.75) is 20.4 Å². The largest absolute Gasteiger partial charge is 0.486 e. The van der Waals surface area contributed by atoms with E-state index in [1.165, 1.54) is 0 Å². The summed E-state index contributed by atoms with van der Waals surface area (Å²) in [6.07, 6.45) is 0. The zero-order valence-corrected chi connectivity index (χ0v) is 11.3. The molecular formula is C12H17NO4S. The molecule has 2 rings (SSSR count). The van der Waals surface area contributed by atoms with Crippen LogP contribution < -0.4 is 14.2 Å². The molecule has 1 aliphatic rings. The molecule has 0 saturated heterocycles. The van der Waals surface area contributed by atoms with Crippen molar-refractivity contribution in [3.63, 3.8) is 0 Å². The van der Waals surface area contributed by atoms with Crippen LogP contribution in [0.5, 0.6) is 11.5 Å². The van der Waals surface area contributed by atoms with Gasteiger partial charge in [0.05, 0.1) is 5.75 Å². The standard InChI is InChI=1S/C12H17NO4S/c1-3-18(14,15)13-8-10-7-12-11(6-9(10)2)16-4-5-17-12/h6-7,13H,3-5,8H2,1-2H3. The highest BCUT2D eigenvalue weighted by Crippen LogP contribution is 2.32. The summed E-state index contributed by atoms with van der Waals surface area (Å²) in [5.41, 5.74) is 1.88. The highest BCUT2D eigenvalue weighted by Gasteiger charge is 2.15. The van der Waals surface area contributed by atoms with Crippen LogP contribution in [0.15, 0.2) is 12.1 Å². The van der Waals surface area contributed by atoms with Crippen LogP contribution in [0.4, 0.5) is 0 Å². The maximum atomic E-state index is 11.4. The zero-order valence-electron chi connectivity index (χ0n) is 10.5. The molecule has 1 aliphatic heterocycles. The van der Waals surface area contributed by atoms with E-state index in [1.807, 2.05) is 19.1 Å². The molecule has 0 radical (unpaired) electrons. The number of fused-ring (bicyclic) bond motifs is 1. The van der Waals surface area contributed by atoms with E-state index in [9.17, 15) is 8.42 Å². The van der Waals surface area contributed by atoms with Gasteiger partial charge in [0.25, 0.3) is 0 Å². The average Bonchev–Trinajstić information content (AvgIpc) is 2.36. The van der Waals surface area contributed by atoms with Crippen LogP contribution in [0.3, 0.4) is 0 Å². The molecule has 6 heteroatoms. The van der Waals surface area contributed by atoms with Crippen molar-refractivity contribution in [1.29, 1.82) is 0 Å². The summed E-state index contributed by atoms with van der Waals surface area (Å²) in [5.74, 6) is 1.48. The maximum Gasteiger partial charge on any atom is 0.211 e. The predicted octanol–water partition coefficient (Wildman–Crippen LogP) is 1.21. The van der Waals surface area contributed by atoms with Gasteiger partial charge < -0.3 is 9.47 Å². The fourth-order valence-corrected chi connectivity index (χ4v) is 2.29. The SMILES string of the molecule is CCS(=O)(=O)NCc1cc2c(cc1C)OCCO2. The van der Waals surface area contributed by atoms with Gasteiger partial charge >= 0.3 is 0 Å². The number of hydrogen-bond acceptors (Lipinski definition) is 4. The molecule has 5 nitrogen and oxygen atoms in total. The summed E-state index contributed by atoms with van der Waals surface area (Å²) in [5, 5.41) is 0. The average molecular weight is 271 g/mol. The van der Waals surface area contributed by atoms with Crippen LogP contribution >= 0.6 is 0 Å². The highest BCUT2D eigenvalue weighted by atomic mass is 32.2. The number of benzene rings is 1. The molecule has 100 valence electrons. The van der Waals surface area contributed by atoms with E-state index in [2.05, 4.69) is 4.72 Å². The Bertz CT molecular complexity index is 539. The smallest absolute Gasteiger partial charge is 0.211 e. The number of nitrogens with one attached hydrogen (secondary N) is 1. The molecule has 1 aromatic rings. The predicted molar refractivity (Wildman–Crippen MR) is 68.5 cm³/mol. The van der Waals surface area contributed by atoms with Crippen molar-refractivity contribution in [1.82, 2.24) is 4.72 Å². The first-order valence-corrected chi connectivity index (χ1v) is 7.53. The maximum absolute atomic E-state index is 11.4. The van der Waals surface area contributed by atoms with Crippen LogP contribution in [0, 0.1) is 6.92 Å². The molecule has 0 atom stereocenters. The van der Waals surface area contributed by atoms with Gasteiger partial charge in [0.15, 0.2) is 11.5 Å². The lowest BCUT2D eigenvalue weighted by Crippen LogP contribution is -2.25. The summed E-state index contributed by atoms with van der Waals surface area (Å²) in [6, 6.07) is 3.71. The molecule has 0 spiro atoms. The minimum atomic E-state index is -3.18. The van der Waals surface area contributed by atoms with Crippen LogP contribution in [0.1, 0.15) is 18.1 Å². The second kappa shape index (κ2) is 5.16. The Balaban J connectivity index is 2.18. The van der Waals surface area contributed by atoms with E-state index in [1.54, 1.807) is 6.92 Å². The number of sulfonamides is 1. The van der Waals surface area contributed by atoms with Gasteiger partial charge in [0.1, 0.15) is 13.2 Å². The summed E-state index contributed by atoms with van der Waals surface area (Å²) in [4.78, 5) is 0. The number of aryl methyl sites for hydroxylation is 1. The van der Waals surface area contributed by atoms with Crippen molar-refractivity contribution < 1.29 is 17.9 Å². The Morgan fingerprint density at radius 2 is 1.83 bits per heavy atom. The Morgan fingerprint density at radius 3 is 2.44 bits per heavy atom. The first-order valence-electron chi connectivity index (χ1n) is 5.88. The number of hydrogen-bond donors (Lipinski definition) is 1. The van der Waals surface area contributed by atoms with Gasteiger partial charge in [-0.05, 0) is 37.1 Å². The van der Waals surface area contributed by atoms with Gasteiger partial charge in [0.2, 0.25) is 10.0 Å². The third-order valence-corrected chi connectivity index (χ3v) is 4.21. The lowest BCUT2D eigenvalue weighted by molar-refractivity contribution is 0.171. The van der Waals surface area contributed by atoms with Gasteiger partial charge in [-0.15, -0.1) is 0 Å². The highest BCUT2D eigenvalue weighted by molar-refractivity contribution is 7.89. The second-order valence-corrected chi connectivity index (χ2v) is 6.24. The van der Waals surface area contributed by atoms with Crippen LogP contribution in [-0.4, -0.2) is 27.4 Å². The first kappa shape index (κ1) is 13.2. The Morgan fingerprint density at radius 1 is 1.22 bits per heavy atom. The van der Waals surface area contributed by atoms with Crippen LogP contribution in [0.25, 0.3) is 0 Å². The van der Waals surface area contributed by atoms with Crippen molar-refractivity contribution in [3.05, 3.63) is 23.3 Å². The molecule has 0 aliphatic carbocycles. The van der Waals surface area contributed by atoms with Crippen molar-refractivity contribution in [2.24, 2.45) is 0 Å². The summed E-state index contributed by atoms with van der Waals surface area (Å²) >= 11 is 0. The quantitative estimate of drug-likeness (QED) is 0.894. The van der Waals surface area contributed by atoms with Gasteiger partial charge in [-0.3, -0.25) is 0 Å². The lowest BCUT2D eigenvalue weighted by atomic mass is 10.1. The van der Waals surface area contributed by atoms with Crippen LogP contribution in [-0.2, 0) is 16.6 Å². The molecule has 18 heavy (non-hydrogen) atoms. The van der Waals surface area contributed by atoms with E-state index in [0.29, 0.717) is 19.0 Å². The van der Waals surface area contributed by atoms with Gasteiger partial charge in [0, 0.05) is 6.54 Å². The zero-order chi connectivity index (χ0) is 13.2. The molecule has 0 unspecified atom stereocenters. The Hall–Kier alpha value is -1.27. The van der Waals surface area contributed by atoms with Crippen molar-refractivity contribution in [2.75, 3.05) is 19.0 Å². The molecule has 1 N–H and O–H groups in total. The minimum absolute atomic E-state index is 0.0800. The summed E-state index contributed by atoms with van der Waals surface area (Å²) < 4.78 is 36.3. The van der Waals surface area contributed by atoms with E-state index < -0.39 is 10.0 Å². The van der Waals surface area contributed by atoms with E-state index in [4.69, 9.17) is 9.47 Å². The Labute approximate surface area is 107 Å². The molecular weight excluding hydrogens is 254 g/mol. The lowest BCUT2D eigenvalue weighted by Gasteiger charge is -2.20. The molecule has 0 fully saturated rings. The second-order valence-electron chi connectivity index (χ2n) is 4.15. The molecule has 0 bridgehead atoms. The third kappa shape index (κ3) is 2.94. The minimum Gasteiger partial charge on any atom is -0.486 e. The molecule has 0 aromatic heterocycles.